The van der Waals surface area contributed by atoms with Crippen molar-refractivity contribution in [2.24, 2.45) is 0 Å². The molecule has 0 amide bonds. The number of imidazole rings is 1. The zero-order valence-corrected chi connectivity index (χ0v) is 35.1. The van der Waals surface area contributed by atoms with E-state index >= 15 is 0 Å². The minimum atomic E-state index is -1.48. The van der Waals surface area contributed by atoms with Gasteiger partial charge in [0, 0.05) is 115 Å². The number of ether oxygens (including phenoxy) is 1. The average Bonchev–Trinajstić information content (AvgIpc) is 4.05. The van der Waals surface area contributed by atoms with Crippen molar-refractivity contribution in [2.45, 2.75) is 50.7 Å². The molecule has 3 aliphatic rings. The molecule has 0 unspecified atom stereocenters. The van der Waals surface area contributed by atoms with Gasteiger partial charge in [0.25, 0.3) is 0 Å². The topological polar surface area (TPSA) is 167 Å². The summed E-state index contributed by atoms with van der Waals surface area (Å²) in [6, 6.07) is 33.0. The molecule has 15 heteroatoms. The zero-order valence-electron chi connectivity index (χ0n) is 35.1. The van der Waals surface area contributed by atoms with Crippen LogP contribution in [-0.2, 0) is 17.8 Å². The van der Waals surface area contributed by atoms with Gasteiger partial charge in [0.2, 0.25) is 0 Å². The van der Waals surface area contributed by atoms with Crippen LogP contribution in [0.5, 0.6) is 0 Å². The van der Waals surface area contributed by atoms with E-state index in [1.54, 1.807) is 6.20 Å². The number of benzene rings is 4. The lowest BCUT2D eigenvalue weighted by Gasteiger charge is -2.39. The highest BCUT2D eigenvalue weighted by molar-refractivity contribution is 6.09. The molecule has 15 nitrogen and oxygen atoms in total. The maximum absolute atomic E-state index is 10.5. The van der Waals surface area contributed by atoms with Crippen LogP contribution < -0.4 is 9.80 Å². The first-order valence-electron chi connectivity index (χ1n) is 21.7. The van der Waals surface area contributed by atoms with Crippen LogP contribution in [0.4, 0.5) is 11.4 Å². The predicted octanol–water partition coefficient (Wildman–Crippen LogP) is 4.18. The summed E-state index contributed by atoms with van der Waals surface area (Å²) >= 11 is 0. The first-order valence-corrected chi connectivity index (χ1v) is 21.7. The fraction of sp³-hybridized carbons (Fsp3) is 0.383. The van der Waals surface area contributed by atoms with Crippen molar-refractivity contribution in [3.63, 3.8) is 0 Å². The molecule has 0 aliphatic carbocycles. The second-order valence-corrected chi connectivity index (χ2v) is 16.9. The number of piperazine rings is 2. The number of aryl methyl sites for hydroxylation is 1. The smallest absolute Gasteiger partial charge is 0.180 e. The third-order valence-corrected chi connectivity index (χ3v) is 13.0. The van der Waals surface area contributed by atoms with Crippen molar-refractivity contribution >= 4 is 33.2 Å². The van der Waals surface area contributed by atoms with E-state index in [0.717, 1.165) is 98.5 Å². The summed E-state index contributed by atoms with van der Waals surface area (Å²) in [5.41, 5.74) is 10.6. The summed E-state index contributed by atoms with van der Waals surface area (Å²) in [5, 5.41) is 51.4. The predicted molar refractivity (Wildman–Crippen MR) is 240 cm³/mol. The number of aromatic amines is 1. The summed E-state index contributed by atoms with van der Waals surface area (Å²) in [6.07, 6.45) is -4.75. The first-order chi connectivity index (χ1) is 30.3. The molecule has 3 fully saturated rings. The number of anilines is 2. The summed E-state index contributed by atoms with van der Waals surface area (Å²) in [6.45, 7) is 10.6. The number of rotatable bonds is 10. The number of H-pyrrole nitrogens is 1. The molecule has 4 aromatic carbocycles. The number of likely N-dealkylation sites (N-methyl/N-ethyl adjacent to an activating group) is 1. The molecule has 6 heterocycles. The molecule has 0 bridgehead atoms. The van der Waals surface area contributed by atoms with Crippen LogP contribution in [0.25, 0.3) is 55.7 Å². The minimum Gasteiger partial charge on any atom is -0.394 e. The van der Waals surface area contributed by atoms with Crippen molar-refractivity contribution in [3.8, 4) is 33.9 Å². The van der Waals surface area contributed by atoms with Gasteiger partial charge in [-0.1, -0.05) is 47.7 Å². The highest BCUT2D eigenvalue weighted by Crippen LogP contribution is 2.38. The van der Waals surface area contributed by atoms with Gasteiger partial charge in [-0.3, -0.25) is 4.90 Å². The summed E-state index contributed by atoms with van der Waals surface area (Å²) in [5.74, 6) is 0.835. The normalized spacial score (nSPS) is 22.9. The van der Waals surface area contributed by atoms with E-state index in [4.69, 9.17) is 9.72 Å². The number of nitrogens with zero attached hydrogens (tertiary/aromatic N) is 9. The number of aliphatic hydroxyl groups is 4. The third-order valence-electron chi connectivity index (χ3n) is 13.0. The number of hydrogen-bond donors (Lipinski definition) is 5. The number of fused-ring (bicyclic) bond motifs is 3. The quantitative estimate of drug-likeness (QED) is 0.134. The Kier molecular flexibility index (Phi) is 11.0. The van der Waals surface area contributed by atoms with Crippen LogP contribution in [0, 0.1) is 0 Å². The van der Waals surface area contributed by atoms with E-state index in [1.165, 1.54) is 32.2 Å². The molecule has 3 aromatic heterocycles. The van der Waals surface area contributed by atoms with E-state index in [-0.39, 0.29) is 0 Å². The van der Waals surface area contributed by atoms with Crippen LogP contribution in [0.15, 0.2) is 97.2 Å². The number of hydrogen-bond acceptors (Lipinski definition) is 12. The molecule has 62 heavy (non-hydrogen) atoms. The van der Waals surface area contributed by atoms with Crippen molar-refractivity contribution in [1.82, 2.24) is 39.3 Å². The Labute approximate surface area is 360 Å². The molecule has 10 rings (SSSR count). The molecule has 3 saturated heterocycles. The highest BCUT2D eigenvalue weighted by atomic mass is 16.6. The van der Waals surface area contributed by atoms with E-state index in [2.05, 4.69) is 144 Å². The molecule has 0 radical (unpaired) electrons. The summed E-state index contributed by atoms with van der Waals surface area (Å²) in [4.78, 5) is 18.6. The molecule has 0 saturated carbocycles. The number of para-hydroxylation sites is 1. The van der Waals surface area contributed by atoms with Gasteiger partial charge in [-0.15, -0.1) is 5.10 Å². The van der Waals surface area contributed by atoms with Crippen molar-refractivity contribution in [3.05, 3.63) is 103 Å². The first kappa shape index (κ1) is 40.4. The minimum absolute atomic E-state index is 0.503. The molecule has 7 aromatic rings. The number of aliphatic hydroxyl groups excluding tert-OH is 4. The van der Waals surface area contributed by atoms with E-state index in [0.29, 0.717) is 12.2 Å². The van der Waals surface area contributed by atoms with E-state index in [9.17, 15) is 20.4 Å². The van der Waals surface area contributed by atoms with Gasteiger partial charge in [0.05, 0.1) is 29.9 Å². The lowest BCUT2D eigenvalue weighted by molar-refractivity contribution is -0.254. The van der Waals surface area contributed by atoms with Crippen molar-refractivity contribution in [1.29, 1.82) is 0 Å². The van der Waals surface area contributed by atoms with Crippen LogP contribution in [-0.4, -0.2) is 150 Å². The highest BCUT2D eigenvalue weighted by Gasteiger charge is 2.44. The molecular formula is C47H54N10O5. The van der Waals surface area contributed by atoms with Crippen LogP contribution >= 0.6 is 0 Å². The molecule has 5 atom stereocenters. The Morgan fingerprint density at radius 2 is 1.35 bits per heavy atom. The van der Waals surface area contributed by atoms with Crippen molar-refractivity contribution in [2.75, 3.05) is 75.8 Å². The zero-order chi connectivity index (χ0) is 42.5. The van der Waals surface area contributed by atoms with Gasteiger partial charge < -0.3 is 49.4 Å². The summed E-state index contributed by atoms with van der Waals surface area (Å²) < 4.78 is 9.37. The fourth-order valence-electron chi connectivity index (χ4n) is 9.41. The Morgan fingerprint density at radius 3 is 2.05 bits per heavy atom. The van der Waals surface area contributed by atoms with E-state index < -0.39 is 37.3 Å². The molecular weight excluding hydrogens is 785 g/mol. The van der Waals surface area contributed by atoms with Crippen LogP contribution in [0.3, 0.4) is 0 Å². The Hall–Kier alpha value is -5.65. The monoisotopic (exact) mass is 838 g/mol. The van der Waals surface area contributed by atoms with Crippen LogP contribution in [0.2, 0.25) is 0 Å². The van der Waals surface area contributed by atoms with Crippen LogP contribution in [0.1, 0.15) is 18.8 Å². The van der Waals surface area contributed by atoms with Gasteiger partial charge in [-0.05, 0) is 62.5 Å². The third kappa shape index (κ3) is 7.53. The van der Waals surface area contributed by atoms with Gasteiger partial charge in [-0.2, -0.15) is 0 Å². The average molecular weight is 839 g/mol. The molecule has 3 aliphatic heterocycles. The lowest BCUT2D eigenvalue weighted by atomic mass is 9.98. The standard InChI is InChI=1S/C47H54N10O5/c1-3-56-38-7-5-4-6-36(38)37-26-32(12-17-39(37)56)46-48-41(30-8-13-34(14-9-30)54-22-18-52(2)19-23-54)42(49-46)31-10-15-35(16-11-31)55-24-20-53(21-25-55)27-33-28-57(51-50-33)47-45(61)44(60)43(59)40(29-58)62-47/h4-17,26,28,40,43-45,47,58-61H,3,18-25,27,29H2,1-2H3,(H,48,49)/t40-,43-,44+,45-,47-/m1/s1. The Morgan fingerprint density at radius 1 is 0.710 bits per heavy atom. The fourth-order valence-corrected chi connectivity index (χ4v) is 9.41. The number of nitrogens with one attached hydrogen (secondary N) is 1. The lowest BCUT2D eigenvalue weighted by Crippen LogP contribution is -2.56. The number of aromatic nitrogens is 6. The Balaban J connectivity index is 0.876. The molecule has 0 spiro atoms. The Bertz CT molecular complexity index is 2640. The molecule has 5 N–H and O–H groups in total. The SMILES string of the molecule is CCn1c2ccccc2c2cc(-c3nc(-c4ccc(N5CCN(Cc6cn([C@@H]7O[C@H](CO)[C@@H](O)[C@H](O)[C@H]7O)nn6)CC5)cc4)c(-c4ccc(N5CCN(C)CC5)cc4)[nH]3)ccc21. The summed E-state index contributed by atoms with van der Waals surface area (Å²) in [7, 11) is 2.18. The second-order valence-electron chi connectivity index (χ2n) is 16.9. The van der Waals surface area contributed by atoms with E-state index in [1.807, 2.05) is 0 Å². The largest absolute Gasteiger partial charge is 0.394 e. The maximum Gasteiger partial charge on any atom is 0.180 e. The van der Waals surface area contributed by atoms with Gasteiger partial charge in [0.1, 0.15) is 30.2 Å². The van der Waals surface area contributed by atoms with Gasteiger partial charge >= 0.3 is 0 Å². The molecule has 322 valence electrons. The maximum atomic E-state index is 10.5. The van der Waals surface area contributed by atoms with Crippen molar-refractivity contribution < 1.29 is 25.2 Å². The van der Waals surface area contributed by atoms with Gasteiger partial charge in [-0.25, -0.2) is 9.67 Å². The van der Waals surface area contributed by atoms with Gasteiger partial charge in [0.15, 0.2) is 6.23 Å². The second kappa shape index (κ2) is 16.9.